The average Bonchev–Trinajstić information content (AvgIpc) is 2.66. The van der Waals surface area contributed by atoms with Gasteiger partial charge in [0, 0.05) is 19.3 Å². The van der Waals surface area contributed by atoms with E-state index in [1.54, 1.807) is 7.05 Å². The van der Waals surface area contributed by atoms with Crippen molar-refractivity contribution in [3.8, 4) is 0 Å². The molecule has 0 bridgehead atoms. The number of rotatable bonds is 5. The van der Waals surface area contributed by atoms with Gasteiger partial charge in [-0.2, -0.15) is 0 Å². The van der Waals surface area contributed by atoms with Crippen molar-refractivity contribution in [1.82, 2.24) is 10.6 Å². The maximum atomic E-state index is 11.2. The van der Waals surface area contributed by atoms with Crippen LogP contribution in [0.3, 0.4) is 0 Å². The number of hydrogen-bond donors (Lipinski definition) is 3. The molecule has 2 aromatic carbocycles. The molecule has 0 aliphatic heterocycles. The van der Waals surface area contributed by atoms with Crippen LogP contribution in [0.25, 0.3) is 0 Å². The number of carbonyl (C=O) groups excluding carboxylic acids is 1. The van der Waals surface area contributed by atoms with Crippen molar-refractivity contribution < 1.29 is 9.53 Å². The Hall–Kier alpha value is -2.29. The van der Waals surface area contributed by atoms with Crippen LogP contribution in [0.5, 0.6) is 0 Å². The number of aliphatic imine (C=N–C) groups is 1. The van der Waals surface area contributed by atoms with E-state index in [0.29, 0.717) is 12.2 Å². The first-order valence-electron chi connectivity index (χ1n) is 8.08. The summed E-state index contributed by atoms with van der Waals surface area (Å²) >= 11 is 0. The summed E-state index contributed by atoms with van der Waals surface area (Å²) in [6.45, 7) is 2.72. The number of hydrogen-bond acceptors (Lipinski definition) is 3. The molecule has 1 atom stereocenters. The Balaban J connectivity index is 0.00000338. The summed E-state index contributed by atoms with van der Waals surface area (Å²) < 4.78 is 4.56. The van der Waals surface area contributed by atoms with E-state index in [1.807, 2.05) is 42.5 Å². The SMILES string of the molecule is CN=C(NCc1ccc(NC(=O)OC)cc1)NC(C)c1ccccc1.I. The van der Waals surface area contributed by atoms with Gasteiger partial charge in [-0.15, -0.1) is 24.0 Å². The summed E-state index contributed by atoms with van der Waals surface area (Å²) in [4.78, 5) is 15.4. The molecule has 6 nitrogen and oxygen atoms in total. The predicted octanol–water partition coefficient (Wildman–Crippen LogP) is 3.91. The van der Waals surface area contributed by atoms with Crippen molar-refractivity contribution in [3.63, 3.8) is 0 Å². The first-order valence-corrected chi connectivity index (χ1v) is 8.08. The van der Waals surface area contributed by atoms with Crippen LogP contribution >= 0.6 is 24.0 Å². The van der Waals surface area contributed by atoms with E-state index in [0.717, 1.165) is 11.5 Å². The lowest BCUT2D eigenvalue weighted by Gasteiger charge is -2.18. The average molecular weight is 468 g/mol. The maximum absolute atomic E-state index is 11.2. The molecule has 7 heteroatoms. The molecular weight excluding hydrogens is 443 g/mol. The maximum Gasteiger partial charge on any atom is 0.411 e. The quantitative estimate of drug-likeness (QED) is 0.354. The number of anilines is 1. The van der Waals surface area contributed by atoms with Crippen LogP contribution in [0.4, 0.5) is 10.5 Å². The second kappa shape index (κ2) is 11.3. The number of nitrogens with zero attached hydrogens (tertiary/aromatic N) is 1. The Labute approximate surface area is 171 Å². The third kappa shape index (κ3) is 6.91. The van der Waals surface area contributed by atoms with Crippen molar-refractivity contribution in [3.05, 3.63) is 65.7 Å². The lowest BCUT2D eigenvalue weighted by Crippen LogP contribution is -2.38. The van der Waals surface area contributed by atoms with Gasteiger partial charge in [0.1, 0.15) is 0 Å². The van der Waals surface area contributed by atoms with Gasteiger partial charge in [0.2, 0.25) is 0 Å². The fourth-order valence-corrected chi connectivity index (χ4v) is 2.29. The monoisotopic (exact) mass is 468 g/mol. The summed E-state index contributed by atoms with van der Waals surface area (Å²) in [6, 6.07) is 17.9. The number of benzene rings is 2. The van der Waals surface area contributed by atoms with Gasteiger partial charge in [0.25, 0.3) is 0 Å². The highest BCUT2D eigenvalue weighted by Gasteiger charge is 2.07. The van der Waals surface area contributed by atoms with Crippen LogP contribution in [0, 0.1) is 0 Å². The fraction of sp³-hybridized carbons (Fsp3) is 0.263. The molecule has 0 fully saturated rings. The molecule has 140 valence electrons. The largest absolute Gasteiger partial charge is 0.453 e. The van der Waals surface area contributed by atoms with Crippen LogP contribution in [-0.2, 0) is 11.3 Å². The lowest BCUT2D eigenvalue weighted by molar-refractivity contribution is 0.187. The molecule has 0 saturated carbocycles. The molecule has 0 heterocycles. The Kier molecular flexibility index (Phi) is 9.50. The van der Waals surface area contributed by atoms with E-state index < -0.39 is 6.09 Å². The summed E-state index contributed by atoms with van der Waals surface area (Å²) in [5, 5.41) is 9.27. The molecule has 0 aliphatic rings. The Morgan fingerprint density at radius 3 is 2.35 bits per heavy atom. The first-order chi connectivity index (χ1) is 12.1. The molecule has 0 spiro atoms. The van der Waals surface area contributed by atoms with Gasteiger partial charge in [-0.3, -0.25) is 10.3 Å². The fourth-order valence-electron chi connectivity index (χ4n) is 2.29. The van der Waals surface area contributed by atoms with Crippen molar-refractivity contribution >= 4 is 41.7 Å². The normalized spacial score (nSPS) is 11.7. The number of carbonyl (C=O) groups is 1. The minimum absolute atomic E-state index is 0. The van der Waals surface area contributed by atoms with Gasteiger partial charge in [-0.1, -0.05) is 42.5 Å². The molecule has 1 unspecified atom stereocenters. The Morgan fingerprint density at radius 1 is 1.12 bits per heavy atom. The van der Waals surface area contributed by atoms with Crippen molar-refractivity contribution in [2.24, 2.45) is 4.99 Å². The smallest absolute Gasteiger partial charge is 0.411 e. The van der Waals surface area contributed by atoms with Gasteiger partial charge in [0.05, 0.1) is 13.2 Å². The van der Waals surface area contributed by atoms with Crippen molar-refractivity contribution in [1.29, 1.82) is 0 Å². The van der Waals surface area contributed by atoms with Crippen molar-refractivity contribution in [2.75, 3.05) is 19.5 Å². The molecule has 0 saturated heterocycles. The standard InChI is InChI=1S/C19H24N4O2.HI/c1-14(16-7-5-4-6-8-16)22-18(20-2)21-13-15-9-11-17(12-10-15)23-19(24)25-3;/h4-12,14H,13H2,1-3H3,(H,23,24)(H2,20,21,22);1H. The lowest BCUT2D eigenvalue weighted by atomic mass is 10.1. The highest BCUT2D eigenvalue weighted by molar-refractivity contribution is 14.0. The van der Waals surface area contributed by atoms with Gasteiger partial charge in [0.15, 0.2) is 5.96 Å². The minimum atomic E-state index is -0.481. The topological polar surface area (TPSA) is 74.8 Å². The second-order valence-electron chi connectivity index (χ2n) is 5.52. The number of amides is 1. The zero-order chi connectivity index (χ0) is 18.1. The third-order valence-electron chi connectivity index (χ3n) is 3.72. The molecule has 0 radical (unpaired) electrons. The third-order valence-corrected chi connectivity index (χ3v) is 3.72. The van der Waals surface area contributed by atoms with Gasteiger partial charge < -0.3 is 15.4 Å². The van der Waals surface area contributed by atoms with E-state index in [-0.39, 0.29) is 30.0 Å². The van der Waals surface area contributed by atoms with E-state index >= 15 is 0 Å². The molecule has 2 rings (SSSR count). The number of methoxy groups -OCH3 is 1. The van der Waals surface area contributed by atoms with Gasteiger partial charge in [-0.25, -0.2) is 4.79 Å². The minimum Gasteiger partial charge on any atom is -0.453 e. The summed E-state index contributed by atoms with van der Waals surface area (Å²) in [5.74, 6) is 0.730. The molecule has 1 amide bonds. The molecule has 26 heavy (non-hydrogen) atoms. The highest BCUT2D eigenvalue weighted by Crippen LogP contribution is 2.11. The highest BCUT2D eigenvalue weighted by atomic mass is 127. The number of guanidine groups is 1. The number of nitrogens with one attached hydrogen (secondary N) is 3. The Morgan fingerprint density at radius 2 is 1.77 bits per heavy atom. The molecule has 0 aromatic heterocycles. The summed E-state index contributed by atoms with van der Waals surface area (Å²) in [5.41, 5.74) is 2.96. The Bertz CT molecular complexity index is 705. The summed E-state index contributed by atoms with van der Waals surface area (Å²) in [7, 11) is 3.08. The van der Waals surface area contributed by atoms with Crippen LogP contribution in [0.15, 0.2) is 59.6 Å². The van der Waals surface area contributed by atoms with Crippen LogP contribution in [-0.4, -0.2) is 26.2 Å². The summed E-state index contributed by atoms with van der Waals surface area (Å²) in [6.07, 6.45) is -0.481. The molecular formula is C19H25IN4O2. The van der Waals surface area contributed by atoms with Crippen LogP contribution in [0.1, 0.15) is 24.1 Å². The van der Waals surface area contributed by atoms with E-state index in [9.17, 15) is 4.79 Å². The second-order valence-corrected chi connectivity index (χ2v) is 5.52. The van der Waals surface area contributed by atoms with Gasteiger partial charge >= 0.3 is 6.09 Å². The van der Waals surface area contributed by atoms with E-state index in [1.165, 1.54) is 12.7 Å². The molecule has 2 aromatic rings. The van der Waals surface area contributed by atoms with Gasteiger partial charge in [-0.05, 0) is 30.2 Å². The van der Waals surface area contributed by atoms with Crippen LogP contribution < -0.4 is 16.0 Å². The number of ether oxygens (including phenoxy) is 1. The van der Waals surface area contributed by atoms with E-state index in [4.69, 9.17) is 0 Å². The zero-order valence-corrected chi connectivity index (χ0v) is 17.5. The van der Waals surface area contributed by atoms with E-state index in [2.05, 4.69) is 44.7 Å². The molecule has 0 aliphatic carbocycles. The van der Waals surface area contributed by atoms with Crippen molar-refractivity contribution in [2.45, 2.75) is 19.5 Å². The zero-order valence-electron chi connectivity index (χ0n) is 15.2. The van der Waals surface area contributed by atoms with Crippen LogP contribution in [0.2, 0.25) is 0 Å². The predicted molar refractivity (Wildman–Crippen MR) is 116 cm³/mol. The first kappa shape index (κ1) is 21.8. The molecule has 3 N–H and O–H groups in total. The number of halogens is 1.